The minimum atomic E-state index is -0.101. The van der Waals surface area contributed by atoms with E-state index in [0.29, 0.717) is 12.2 Å². The molecule has 1 aliphatic rings. The molecule has 0 spiro atoms. The number of aromatic nitrogens is 4. The fraction of sp³-hybridized carbons (Fsp3) is 0.588. The number of aryl methyl sites for hydroxylation is 3. The first-order chi connectivity index (χ1) is 10.8. The third-order valence-corrected chi connectivity index (χ3v) is 4.09. The maximum Gasteiger partial charge on any atom is 0.231 e. The Morgan fingerprint density at radius 2 is 2.13 bits per heavy atom. The second kappa shape index (κ2) is 5.83. The molecule has 6 heteroatoms. The molecule has 0 fully saturated rings. The Bertz CT molecular complexity index is 696. The van der Waals surface area contributed by atoms with Gasteiger partial charge in [0.05, 0.1) is 17.7 Å². The van der Waals surface area contributed by atoms with Gasteiger partial charge >= 0.3 is 0 Å². The summed E-state index contributed by atoms with van der Waals surface area (Å²) < 4.78 is 4.10. The van der Waals surface area contributed by atoms with Gasteiger partial charge in [-0.2, -0.15) is 5.10 Å². The molecule has 124 valence electrons. The number of nitrogens with zero attached hydrogens (tertiary/aromatic N) is 4. The Morgan fingerprint density at radius 1 is 1.35 bits per heavy atom. The molecule has 1 aliphatic heterocycles. The summed E-state index contributed by atoms with van der Waals surface area (Å²) in [5.74, 6) is 1.64. The van der Waals surface area contributed by atoms with Crippen molar-refractivity contribution in [3.05, 3.63) is 29.5 Å². The van der Waals surface area contributed by atoms with Gasteiger partial charge in [-0.25, -0.2) is 4.98 Å². The second-order valence-corrected chi connectivity index (χ2v) is 7.28. The number of carbonyl (C=O) groups excluding carboxylic acids is 1. The van der Waals surface area contributed by atoms with Crippen LogP contribution in [0.1, 0.15) is 50.8 Å². The first-order valence-electron chi connectivity index (χ1n) is 8.25. The van der Waals surface area contributed by atoms with Gasteiger partial charge in [0, 0.05) is 30.9 Å². The van der Waals surface area contributed by atoms with Crippen molar-refractivity contribution >= 4 is 11.7 Å². The third kappa shape index (κ3) is 3.46. The molecule has 0 radical (unpaired) electrons. The maximum atomic E-state index is 12.3. The first-order valence-corrected chi connectivity index (χ1v) is 8.25. The predicted octanol–water partition coefficient (Wildman–Crippen LogP) is 2.66. The van der Waals surface area contributed by atoms with Crippen molar-refractivity contribution in [3.8, 4) is 0 Å². The number of hydrogen-bond acceptors (Lipinski definition) is 3. The quantitative estimate of drug-likeness (QED) is 0.947. The largest absolute Gasteiger partial charge is 0.335 e. The molecule has 1 amide bonds. The van der Waals surface area contributed by atoms with Crippen molar-refractivity contribution in [2.75, 3.05) is 5.32 Å². The number of amides is 1. The van der Waals surface area contributed by atoms with E-state index < -0.39 is 0 Å². The zero-order chi connectivity index (χ0) is 16.6. The summed E-state index contributed by atoms with van der Waals surface area (Å²) in [6, 6.07) is 1.90. The standard InChI is InChI=1S/C17H25N5O/c1-12-9-14(20-22(12)17(2,3)4)19-16(23)10-13-11-21-8-6-5-7-15(21)18-13/h9,11H,5-8,10H2,1-4H3,(H,19,20,23). The predicted molar refractivity (Wildman–Crippen MR) is 89.5 cm³/mol. The molecule has 0 aromatic carbocycles. The van der Waals surface area contributed by atoms with E-state index in [4.69, 9.17) is 0 Å². The van der Waals surface area contributed by atoms with E-state index in [9.17, 15) is 4.79 Å². The van der Waals surface area contributed by atoms with E-state index >= 15 is 0 Å². The van der Waals surface area contributed by atoms with Crippen LogP contribution in [0.15, 0.2) is 12.3 Å². The van der Waals surface area contributed by atoms with Crippen molar-refractivity contribution in [2.24, 2.45) is 0 Å². The summed E-state index contributed by atoms with van der Waals surface area (Å²) in [6.07, 6.45) is 5.69. The first kappa shape index (κ1) is 15.8. The number of rotatable bonds is 3. The highest BCUT2D eigenvalue weighted by atomic mass is 16.1. The van der Waals surface area contributed by atoms with Gasteiger partial charge in [-0.3, -0.25) is 9.48 Å². The Balaban J connectivity index is 1.67. The van der Waals surface area contributed by atoms with Crippen molar-refractivity contribution < 1.29 is 4.79 Å². The summed E-state index contributed by atoms with van der Waals surface area (Å²) in [5.41, 5.74) is 1.77. The normalized spacial score (nSPS) is 14.6. The van der Waals surface area contributed by atoms with Crippen LogP contribution in [-0.4, -0.2) is 25.2 Å². The third-order valence-electron chi connectivity index (χ3n) is 4.09. The van der Waals surface area contributed by atoms with Crippen molar-refractivity contribution in [2.45, 2.75) is 65.5 Å². The van der Waals surface area contributed by atoms with Gasteiger partial charge in [-0.15, -0.1) is 0 Å². The van der Waals surface area contributed by atoms with E-state index in [1.807, 2.05) is 23.9 Å². The number of carbonyl (C=O) groups is 1. The van der Waals surface area contributed by atoms with E-state index in [0.717, 1.165) is 30.2 Å². The highest BCUT2D eigenvalue weighted by Gasteiger charge is 2.19. The fourth-order valence-electron chi connectivity index (χ4n) is 3.12. The van der Waals surface area contributed by atoms with Gasteiger partial charge in [0.15, 0.2) is 5.82 Å². The maximum absolute atomic E-state index is 12.3. The molecule has 6 nitrogen and oxygen atoms in total. The van der Waals surface area contributed by atoms with Gasteiger partial charge in [0.25, 0.3) is 0 Å². The molecule has 0 aliphatic carbocycles. The lowest BCUT2D eigenvalue weighted by molar-refractivity contribution is -0.115. The minimum absolute atomic E-state index is 0.0704. The van der Waals surface area contributed by atoms with Crippen molar-refractivity contribution in [1.82, 2.24) is 19.3 Å². The monoisotopic (exact) mass is 315 g/mol. The number of anilines is 1. The molecule has 0 atom stereocenters. The van der Waals surface area contributed by atoms with Crippen LogP contribution in [0.4, 0.5) is 5.82 Å². The lowest BCUT2D eigenvalue weighted by Gasteiger charge is -2.20. The Hall–Kier alpha value is -2.11. The minimum Gasteiger partial charge on any atom is -0.335 e. The number of imidazole rings is 1. The molecule has 23 heavy (non-hydrogen) atoms. The molecule has 2 aromatic rings. The Kier molecular flexibility index (Phi) is 4.00. The molecule has 0 bridgehead atoms. The van der Waals surface area contributed by atoms with E-state index in [1.54, 1.807) is 0 Å². The number of nitrogens with one attached hydrogen (secondary N) is 1. The lowest BCUT2D eigenvalue weighted by atomic mass is 10.1. The van der Waals surface area contributed by atoms with E-state index in [-0.39, 0.29) is 11.4 Å². The molecular weight excluding hydrogens is 290 g/mol. The van der Waals surface area contributed by atoms with Gasteiger partial charge < -0.3 is 9.88 Å². The molecule has 0 saturated carbocycles. The zero-order valence-electron chi connectivity index (χ0n) is 14.4. The molecule has 2 aromatic heterocycles. The summed E-state index contributed by atoms with van der Waals surface area (Å²) >= 11 is 0. The van der Waals surface area contributed by atoms with Gasteiger partial charge in [-0.1, -0.05) is 0 Å². The summed E-state index contributed by atoms with van der Waals surface area (Å²) in [4.78, 5) is 16.8. The molecule has 3 heterocycles. The highest BCUT2D eigenvalue weighted by Crippen LogP contribution is 2.19. The SMILES string of the molecule is Cc1cc(NC(=O)Cc2cn3c(n2)CCCC3)nn1C(C)(C)C. The Morgan fingerprint density at radius 3 is 2.78 bits per heavy atom. The topological polar surface area (TPSA) is 64.7 Å². The van der Waals surface area contributed by atoms with Crippen molar-refractivity contribution in [1.29, 1.82) is 0 Å². The smallest absolute Gasteiger partial charge is 0.231 e. The summed E-state index contributed by atoms with van der Waals surface area (Å²) in [7, 11) is 0. The molecular formula is C17H25N5O. The van der Waals surface area contributed by atoms with Crippen LogP contribution in [-0.2, 0) is 29.7 Å². The van der Waals surface area contributed by atoms with Crippen LogP contribution in [0.25, 0.3) is 0 Å². The molecule has 3 rings (SSSR count). The second-order valence-electron chi connectivity index (χ2n) is 7.28. The van der Waals surface area contributed by atoms with Crippen LogP contribution in [0.2, 0.25) is 0 Å². The van der Waals surface area contributed by atoms with Crippen LogP contribution in [0, 0.1) is 6.92 Å². The molecule has 0 saturated heterocycles. The highest BCUT2D eigenvalue weighted by molar-refractivity contribution is 5.91. The molecule has 0 unspecified atom stereocenters. The Labute approximate surface area is 136 Å². The molecule has 1 N–H and O–H groups in total. The fourth-order valence-corrected chi connectivity index (χ4v) is 3.12. The number of hydrogen-bond donors (Lipinski definition) is 1. The van der Waals surface area contributed by atoms with Crippen LogP contribution in [0.5, 0.6) is 0 Å². The summed E-state index contributed by atoms with van der Waals surface area (Å²) in [6.45, 7) is 9.28. The van der Waals surface area contributed by atoms with Gasteiger partial charge in [0.1, 0.15) is 5.82 Å². The zero-order valence-corrected chi connectivity index (χ0v) is 14.4. The van der Waals surface area contributed by atoms with E-state index in [1.165, 1.54) is 12.8 Å². The number of fused-ring (bicyclic) bond motifs is 1. The van der Waals surface area contributed by atoms with Crippen molar-refractivity contribution in [3.63, 3.8) is 0 Å². The lowest BCUT2D eigenvalue weighted by Crippen LogP contribution is -2.24. The average Bonchev–Trinajstić information content (AvgIpc) is 3.00. The van der Waals surface area contributed by atoms with Crippen LogP contribution in [0.3, 0.4) is 0 Å². The van der Waals surface area contributed by atoms with Crippen LogP contribution < -0.4 is 5.32 Å². The van der Waals surface area contributed by atoms with E-state index in [2.05, 4.69) is 40.7 Å². The average molecular weight is 315 g/mol. The summed E-state index contributed by atoms with van der Waals surface area (Å²) in [5, 5.41) is 7.37. The van der Waals surface area contributed by atoms with Gasteiger partial charge in [0.2, 0.25) is 5.91 Å². The van der Waals surface area contributed by atoms with Gasteiger partial charge in [-0.05, 0) is 40.5 Å². The van der Waals surface area contributed by atoms with Crippen LogP contribution >= 0.6 is 0 Å².